The quantitative estimate of drug-likeness (QED) is 0.810. The summed E-state index contributed by atoms with van der Waals surface area (Å²) in [5.41, 5.74) is 1.94. The van der Waals surface area contributed by atoms with E-state index in [0.29, 0.717) is 11.7 Å². The number of nitrogens with one attached hydrogen (secondary N) is 1. The lowest BCUT2D eigenvalue weighted by molar-refractivity contribution is -0.119. The maximum absolute atomic E-state index is 12.1. The molecular weight excluding hydrogens is 306 g/mol. The summed E-state index contributed by atoms with van der Waals surface area (Å²) in [5.74, 6) is 1.07. The molecule has 4 nitrogen and oxygen atoms in total. The maximum atomic E-state index is 12.1. The van der Waals surface area contributed by atoms with Crippen molar-refractivity contribution in [3.63, 3.8) is 0 Å². The minimum absolute atomic E-state index is 0.0463. The number of thioether (sulfide) groups is 1. The van der Waals surface area contributed by atoms with Crippen LogP contribution in [0.5, 0.6) is 0 Å². The molecule has 0 saturated carbocycles. The van der Waals surface area contributed by atoms with E-state index in [1.807, 2.05) is 39.0 Å². The summed E-state index contributed by atoms with van der Waals surface area (Å²) in [4.78, 5) is 16.8. The molecule has 1 N–H and O–H groups in total. The standard InChI is InChI=1S/C18H27N3OS/c1-13(2)10-11-21-15-9-7-6-8-14(15)19-17(21)23-12-16(22)20-18(3,4)5/h6-9,13H,10-12H2,1-5H3,(H,20,22). The molecule has 0 aliphatic rings. The number of carbonyl (C=O) groups excluding carboxylic acids is 1. The van der Waals surface area contributed by atoms with Gasteiger partial charge in [0.2, 0.25) is 5.91 Å². The molecular formula is C18H27N3OS. The van der Waals surface area contributed by atoms with E-state index in [-0.39, 0.29) is 11.4 Å². The number of hydrogen-bond acceptors (Lipinski definition) is 3. The van der Waals surface area contributed by atoms with Gasteiger partial charge in [-0.1, -0.05) is 37.7 Å². The number of imidazole rings is 1. The Morgan fingerprint density at radius 2 is 2.00 bits per heavy atom. The molecule has 0 spiro atoms. The molecule has 1 aromatic carbocycles. The van der Waals surface area contributed by atoms with Crippen molar-refractivity contribution in [2.75, 3.05) is 5.75 Å². The average Bonchev–Trinajstić information content (AvgIpc) is 2.78. The second kappa shape index (κ2) is 7.39. The number of benzene rings is 1. The first kappa shape index (κ1) is 17.9. The van der Waals surface area contributed by atoms with Gasteiger partial charge < -0.3 is 9.88 Å². The fraction of sp³-hybridized carbons (Fsp3) is 0.556. The third-order valence-corrected chi connectivity index (χ3v) is 4.37. The van der Waals surface area contributed by atoms with Crippen LogP contribution in [-0.4, -0.2) is 26.8 Å². The molecule has 5 heteroatoms. The van der Waals surface area contributed by atoms with Gasteiger partial charge in [-0.25, -0.2) is 4.98 Å². The van der Waals surface area contributed by atoms with E-state index in [9.17, 15) is 4.79 Å². The minimum atomic E-state index is -0.199. The zero-order valence-corrected chi connectivity index (χ0v) is 15.5. The molecule has 0 aliphatic heterocycles. The Morgan fingerprint density at radius 1 is 1.30 bits per heavy atom. The Balaban J connectivity index is 2.15. The summed E-state index contributed by atoms with van der Waals surface area (Å²) in [6.07, 6.45) is 1.10. The summed E-state index contributed by atoms with van der Waals surface area (Å²) in [7, 11) is 0. The van der Waals surface area contributed by atoms with Gasteiger partial charge >= 0.3 is 0 Å². The molecule has 1 aromatic heterocycles. The van der Waals surface area contributed by atoms with E-state index in [1.165, 1.54) is 11.8 Å². The first-order chi connectivity index (χ1) is 10.8. The summed E-state index contributed by atoms with van der Waals surface area (Å²) in [6.45, 7) is 11.4. The number of fused-ring (bicyclic) bond motifs is 1. The summed E-state index contributed by atoms with van der Waals surface area (Å²) in [5, 5.41) is 3.92. The number of aryl methyl sites for hydroxylation is 1. The van der Waals surface area contributed by atoms with Crippen molar-refractivity contribution in [2.24, 2.45) is 5.92 Å². The van der Waals surface area contributed by atoms with Crippen molar-refractivity contribution in [3.8, 4) is 0 Å². The van der Waals surface area contributed by atoms with Gasteiger partial charge in [-0.05, 0) is 45.2 Å². The van der Waals surface area contributed by atoms with Crippen LogP contribution in [0.2, 0.25) is 0 Å². The van der Waals surface area contributed by atoms with Crippen molar-refractivity contribution in [1.29, 1.82) is 0 Å². The van der Waals surface area contributed by atoms with Crippen molar-refractivity contribution in [1.82, 2.24) is 14.9 Å². The molecule has 0 bridgehead atoms. The highest BCUT2D eigenvalue weighted by Gasteiger charge is 2.16. The van der Waals surface area contributed by atoms with Crippen LogP contribution in [-0.2, 0) is 11.3 Å². The largest absolute Gasteiger partial charge is 0.351 e. The zero-order chi connectivity index (χ0) is 17.0. The molecule has 126 valence electrons. The SMILES string of the molecule is CC(C)CCn1c(SCC(=O)NC(C)(C)C)nc2ccccc21. The smallest absolute Gasteiger partial charge is 0.230 e. The molecule has 1 heterocycles. The topological polar surface area (TPSA) is 46.9 Å². The number of nitrogens with zero attached hydrogens (tertiary/aromatic N) is 2. The molecule has 0 fully saturated rings. The third-order valence-electron chi connectivity index (χ3n) is 3.40. The number of aromatic nitrogens is 2. The molecule has 0 radical (unpaired) electrons. The molecule has 0 atom stereocenters. The van der Waals surface area contributed by atoms with Gasteiger partial charge in [0.15, 0.2) is 5.16 Å². The second-order valence-electron chi connectivity index (χ2n) is 7.30. The van der Waals surface area contributed by atoms with Gasteiger partial charge in [0, 0.05) is 12.1 Å². The maximum Gasteiger partial charge on any atom is 0.230 e. The van der Waals surface area contributed by atoms with Gasteiger partial charge in [0.05, 0.1) is 16.8 Å². The Bertz CT molecular complexity index is 670. The van der Waals surface area contributed by atoms with E-state index in [0.717, 1.165) is 29.2 Å². The lowest BCUT2D eigenvalue weighted by Crippen LogP contribution is -2.41. The second-order valence-corrected chi connectivity index (χ2v) is 8.25. The lowest BCUT2D eigenvalue weighted by Gasteiger charge is -2.20. The Morgan fingerprint density at radius 3 is 2.65 bits per heavy atom. The number of hydrogen-bond donors (Lipinski definition) is 1. The number of para-hydroxylation sites is 2. The van der Waals surface area contributed by atoms with Crippen molar-refractivity contribution >= 4 is 28.7 Å². The van der Waals surface area contributed by atoms with E-state index in [4.69, 9.17) is 4.98 Å². The normalized spacial score (nSPS) is 12.1. The highest BCUT2D eigenvalue weighted by molar-refractivity contribution is 7.99. The lowest BCUT2D eigenvalue weighted by atomic mass is 10.1. The van der Waals surface area contributed by atoms with Crippen LogP contribution in [0.3, 0.4) is 0 Å². The van der Waals surface area contributed by atoms with Crippen molar-refractivity contribution < 1.29 is 4.79 Å². The predicted molar refractivity (Wildman–Crippen MR) is 97.8 cm³/mol. The minimum Gasteiger partial charge on any atom is -0.351 e. The van der Waals surface area contributed by atoms with Crippen LogP contribution in [0.4, 0.5) is 0 Å². The highest BCUT2D eigenvalue weighted by Crippen LogP contribution is 2.25. The van der Waals surface area contributed by atoms with Gasteiger partial charge in [-0.2, -0.15) is 0 Å². The van der Waals surface area contributed by atoms with E-state index >= 15 is 0 Å². The molecule has 23 heavy (non-hydrogen) atoms. The number of rotatable bonds is 6. The van der Waals surface area contributed by atoms with Gasteiger partial charge in [0.25, 0.3) is 0 Å². The summed E-state index contributed by atoms with van der Waals surface area (Å²) in [6, 6.07) is 8.17. The number of carbonyl (C=O) groups is 1. The van der Waals surface area contributed by atoms with Gasteiger partial charge in [-0.3, -0.25) is 4.79 Å². The van der Waals surface area contributed by atoms with Crippen LogP contribution >= 0.6 is 11.8 Å². The first-order valence-corrected chi connectivity index (χ1v) is 9.14. The van der Waals surface area contributed by atoms with Crippen molar-refractivity contribution in [3.05, 3.63) is 24.3 Å². The molecule has 0 aliphatic carbocycles. The van der Waals surface area contributed by atoms with Crippen LogP contribution in [0, 0.1) is 5.92 Å². The van der Waals surface area contributed by atoms with E-state index < -0.39 is 0 Å². The zero-order valence-electron chi connectivity index (χ0n) is 14.7. The van der Waals surface area contributed by atoms with Crippen LogP contribution in [0.25, 0.3) is 11.0 Å². The van der Waals surface area contributed by atoms with Gasteiger partial charge in [-0.15, -0.1) is 0 Å². The molecule has 0 unspecified atom stereocenters. The molecule has 2 aromatic rings. The summed E-state index contributed by atoms with van der Waals surface area (Å²) < 4.78 is 2.24. The predicted octanol–water partition coefficient (Wildman–Crippen LogP) is 4.09. The number of amides is 1. The monoisotopic (exact) mass is 333 g/mol. The van der Waals surface area contributed by atoms with E-state index in [2.05, 4.69) is 29.8 Å². The summed E-state index contributed by atoms with van der Waals surface area (Å²) >= 11 is 1.51. The van der Waals surface area contributed by atoms with Crippen LogP contribution in [0.1, 0.15) is 41.0 Å². The Labute approximate surface area is 143 Å². The third kappa shape index (κ3) is 5.27. The Kier molecular flexibility index (Phi) is 5.74. The molecule has 0 saturated heterocycles. The molecule has 1 amide bonds. The van der Waals surface area contributed by atoms with Crippen LogP contribution < -0.4 is 5.32 Å². The Hall–Kier alpha value is -1.49. The fourth-order valence-corrected chi connectivity index (χ4v) is 3.19. The van der Waals surface area contributed by atoms with E-state index in [1.54, 1.807) is 0 Å². The highest BCUT2D eigenvalue weighted by atomic mass is 32.2. The average molecular weight is 334 g/mol. The van der Waals surface area contributed by atoms with Crippen LogP contribution in [0.15, 0.2) is 29.4 Å². The van der Waals surface area contributed by atoms with Gasteiger partial charge in [0.1, 0.15) is 0 Å². The van der Waals surface area contributed by atoms with Crippen molar-refractivity contribution in [2.45, 2.75) is 58.3 Å². The fourth-order valence-electron chi connectivity index (χ4n) is 2.35. The molecule has 2 rings (SSSR count). The first-order valence-electron chi connectivity index (χ1n) is 8.15.